The Labute approximate surface area is 177 Å². The van der Waals surface area contributed by atoms with Crippen LogP contribution in [0.15, 0.2) is 30.3 Å². The zero-order chi connectivity index (χ0) is 21.0. The summed E-state index contributed by atoms with van der Waals surface area (Å²) in [6.45, 7) is 10.2. The monoisotopic (exact) mass is 417 g/mol. The lowest BCUT2D eigenvalue weighted by Gasteiger charge is -2.30. The van der Waals surface area contributed by atoms with Crippen molar-refractivity contribution < 1.29 is 14.3 Å². The van der Waals surface area contributed by atoms with E-state index in [1.165, 1.54) is 0 Å². The van der Waals surface area contributed by atoms with Crippen molar-refractivity contribution >= 4 is 23.6 Å². The van der Waals surface area contributed by atoms with E-state index < -0.39 is 0 Å². The molecule has 0 saturated carbocycles. The molecule has 3 rings (SSSR count). The maximum atomic E-state index is 12.7. The molecule has 0 aliphatic carbocycles. The largest absolute Gasteiger partial charge is 0.486 e. The standard InChI is InChI=1S/C22H28ClN3O3/c1-5-25(13-17-14-28-19-8-6-7-9-20(19)29-17)21(27)11-10-18-16(4)24-26(22(18)23)12-15(2)3/h6-11,15,17H,5,12-14H2,1-4H3. The van der Waals surface area contributed by atoms with Crippen LogP contribution in [0.4, 0.5) is 0 Å². The van der Waals surface area contributed by atoms with Gasteiger partial charge in [-0.05, 0) is 38.0 Å². The predicted octanol–water partition coefficient (Wildman–Crippen LogP) is 4.20. The molecule has 1 aliphatic rings. The Bertz CT molecular complexity index is 891. The van der Waals surface area contributed by atoms with Gasteiger partial charge in [-0.15, -0.1) is 0 Å². The molecule has 0 fully saturated rings. The van der Waals surface area contributed by atoms with Gasteiger partial charge in [0.2, 0.25) is 5.91 Å². The summed E-state index contributed by atoms with van der Waals surface area (Å²) in [7, 11) is 0. The number of hydrogen-bond acceptors (Lipinski definition) is 4. The quantitative estimate of drug-likeness (QED) is 0.633. The molecule has 29 heavy (non-hydrogen) atoms. The summed E-state index contributed by atoms with van der Waals surface area (Å²) in [4.78, 5) is 14.5. The predicted molar refractivity (Wildman–Crippen MR) is 114 cm³/mol. The fourth-order valence-electron chi connectivity index (χ4n) is 3.26. The Morgan fingerprint density at radius 2 is 2.10 bits per heavy atom. The highest BCUT2D eigenvalue weighted by Crippen LogP contribution is 2.31. The number of ether oxygens (including phenoxy) is 2. The average molecular weight is 418 g/mol. The third kappa shape index (κ3) is 5.12. The number of rotatable bonds is 7. The van der Waals surface area contributed by atoms with Gasteiger partial charge < -0.3 is 14.4 Å². The molecular formula is C22H28ClN3O3. The molecule has 1 aromatic heterocycles. The molecule has 156 valence electrons. The minimum absolute atomic E-state index is 0.0953. The number of carbonyl (C=O) groups is 1. The second-order valence-electron chi connectivity index (χ2n) is 7.57. The summed E-state index contributed by atoms with van der Waals surface area (Å²) in [5.74, 6) is 1.79. The van der Waals surface area contributed by atoms with Crippen molar-refractivity contribution in [1.29, 1.82) is 0 Å². The SMILES string of the molecule is CCN(CC1COc2ccccc2O1)C(=O)C=Cc1c(C)nn(CC(C)C)c1Cl. The molecular weight excluding hydrogens is 390 g/mol. The number of nitrogens with zero attached hydrogens (tertiary/aromatic N) is 3. The van der Waals surface area contributed by atoms with Gasteiger partial charge in [0.15, 0.2) is 17.6 Å². The van der Waals surface area contributed by atoms with Crippen molar-refractivity contribution in [2.45, 2.75) is 40.3 Å². The van der Waals surface area contributed by atoms with Crippen molar-refractivity contribution in [2.75, 3.05) is 19.7 Å². The summed E-state index contributed by atoms with van der Waals surface area (Å²) in [5, 5.41) is 5.04. The molecule has 0 N–H and O–H groups in total. The van der Waals surface area contributed by atoms with Crippen LogP contribution in [-0.2, 0) is 11.3 Å². The number of para-hydroxylation sites is 2. The normalized spacial score (nSPS) is 15.9. The highest BCUT2D eigenvalue weighted by molar-refractivity contribution is 6.31. The highest BCUT2D eigenvalue weighted by Gasteiger charge is 2.24. The van der Waals surface area contributed by atoms with Gasteiger partial charge in [-0.2, -0.15) is 5.10 Å². The van der Waals surface area contributed by atoms with E-state index in [-0.39, 0.29) is 12.0 Å². The Morgan fingerprint density at radius 1 is 1.38 bits per heavy atom. The highest BCUT2D eigenvalue weighted by atomic mass is 35.5. The number of amides is 1. The van der Waals surface area contributed by atoms with Crippen LogP contribution in [0.3, 0.4) is 0 Å². The van der Waals surface area contributed by atoms with Crippen LogP contribution in [0.5, 0.6) is 11.5 Å². The van der Waals surface area contributed by atoms with Crippen LogP contribution < -0.4 is 9.47 Å². The first-order valence-electron chi connectivity index (χ1n) is 9.97. The van der Waals surface area contributed by atoms with Gasteiger partial charge in [-0.1, -0.05) is 37.6 Å². The zero-order valence-electron chi connectivity index (χ0n) is 17.4. The van der Waals surface area contributed by atoms with Gasteiger partial charge in [0, 0.05) is 24.7 Å². The van der Waals surface area contributed by atoms with Crippen LogP contribution >= 0.6 is 11.6 Å². The van der Waals surface area contributed by atoms with E-state index in [1.807, 2.05) is 38.1 Å². The van der Waals surface area contributed by atoms with Crippen molar-refractivity contribution in [2.24, 2.45) is 5.92 Å². The second kappa shape index (κ2) is 9.35. The number of halogens is 1. The molecule has 1 aliphatic heterocycles. The smallest absolute Gasteiger partial charge is 0.246 e. The molecule has 1 aromatic carbocycles. The Kier molecular flexibility index (Phi) is 6.85. The topological polar surface area (TPSA) is 56.6 Å². The molecule has 0 saturated heterocycles. The van der Waals surface area contributed by atoms with E-state index in [0.29, 0.717) is 36.5 Å². The van der Waals surface area contributed by atoms with Crippen LogP contribution in [0.2, 0.25) is 5.15 Å². The zero-order valence-corrected chi connectivity index (χ0v) is 18.1. The summed E-state index contributed by atoms with van der Waals surface area (Å²) < 4.78 is 13.5. The van der Waals surface area contributed by atoms with Gasteiger partial charge >= 0.3 is 0 Å². The Balaban J connectivity index is 1.65. The molecule has 1 unspecified atom stereocenters. The summed E-state index contributed by atoms with van der Waals surface area (Å²) in [6.07, 6.45) is 3.10. The minimum Gasteiger partial charge on any atom is -0.486 e. The number of carbonyl (C=O) groups excluding carboxylic acids is 1. The first kappa shape index (κ1) is 21.2. The van der Waals surface area contributed by atoms with Crippen molar-refractivity contribution in [3.05, 3.63) is 46.8 Å². The molecule has 0 radical (unpaired) electrons. The second-order valence-corrected chi connectivity index (χ2v) is 7.93. The summed E-state index contributed by atoms with van der Waals surface area (Å²) in [5.41, 5.74) is 1.59. The lowest BCUT2D eigenvalue weighted by molar-refractivity contribution is -0.127. The molecule has 1 atom stereocenters. The summed E-state index contributed by atoms with van der Waals surface area (Å²) in [6, 6.07) is 7.56. The van der Waals surface area contributed by atoms with Gasteiger partial charge in [0.05, 0.1) is 12.2 Å². The van der Waals surface area contributed by atoms with E-state index in [4.69, 9.17) is 21.1 Å². The third-order valence-corrected chi connectivity index (χ3v) is 5.12. The molecule has 0 spiro atoms. The minimum atomic E-state index is -0.207. The molecule has 1 amide bonds. The summed E-state index contributed by atoms with van der Waals surface area (Å²) >= 11 is 6.46. The average Bonchev–Trinajstić information content (AvgIpc) is 2.96. The van der Waals surface area contributed by atoms with Gasteiger partial charge in [-0.25, -0.2) is 0 Å². The fraction of sp³-hybridized carbons (Fsp3) is 0.455. The van der Waals surface area contributed by atoms with Gasteiger partial charge in [0.1, 0.15) is 11.8 Å². The third-order valence-electron chi connectivity index (χ3n) is 4.72. The maximum Gasteiger partial charge on any atom is 0.246 e. The van der Waals surface area contributed by atoms with E-state index >= 15 is 0 Å². The van der Waals surface area contributed by atoms with E-state index in [0.717, 1.165) is 23.6 Å². The lowest BCUT2D eigenvalue weighted by atomic mass is 10.2. The van der Waals surface area contributed by atoms with Crippen LogP contribution in [0.25, 0.3) is 6.08 Å². The van der Waals surface area contributed by atoms with Gasteiger partial charge in [0.25, 0.3) is 0 Å². The molecule has 2 heterocycles. The Hall–Kier alpha value is -2.47. The first-order valence-corrected chi connectivity index (χ1v) is 10.3. The molecule has 7 heteroatoms. The molecule has 2 aromatic rings. The number of fused-ring (bicyclic) bond motifs is 1. The lowest BCUT2D eigenvalue weighted by Crippen LogP contribution is -2.43. The number of hydrogen-bond donors (Lipinski definition) is 0. The fourth-order valence-corrected chi connectivity index (χ4v) is 3.56. The van der Waals surface area contributed by atoms with E-state index in [2.05, 4.69) is 18.9 Å². The first-order chi connectivity index (χ1) is 13.9. The van der Waals surface area contributed by atoms with E-state index in [1.54, 1.807) is 21.7 Å². The van der Waals surface area contributed by atoms with E-state index in [9.17, 15) is 4.79 Å². The number of aromatic nitrogens is 2. The van der Waals surface area contributed by atoms with Crippen LogP contribution in [-0.4, -0.2) is 46.4 Å². The van der Waals surface area contributed by atoms with Crippen LogP contribution in [0.1, 0.15) is 32.0 Å². The van der Waals surface area contributed by atoms with Crippen molar-refractivity contribution in [3.8, 4) is 11.5 Å². The molecule has 6 nitrogen and oxygen atoms in total. The number of likely N-dealkylation sites (N-methyl/N-ethyl adjacent to an activating group) is 1. The van der Waals surface area contributed by atoms with Crippen molar-refractivity contribution in [1.82, 2.24) is 14.7 Å². The van der Waals surface area contributed by atoms with Crippen molar-refractivity contribution in [3.63, 3.8) is 0 Å². The Morgan fingerprint density at radius 3 is 2.79 bits per heavy atom. The van der Waals surface area contributed by atoms with Gasteiger partial charge in [-0.3, -0.25) is 9.48 Å². The number of aryl methyl sites for hydroxylation is 1. The number of benzene rings is 1. The van der Waals surface area contributed by atoms with Crippen LogP contribution in [0, 0.1) is 12.8 Å². The molecule has 0 bridgehead atoms. The maximum absolute atomic E-state index is 12.7.